The van der Waals surface area contributed by atoms with Gasteiger partial charge < -0.3 is 9.52 Å². The van der Waals surface area contributed by atoms with E-state index in [1.807, 2.05) is 0 Å². The van der Waals surface area contributed by atoms with Crippen molar-refractivity contribution in [1.29, 1.82) is 0 Å². The van der Waals surface area contributed by atoms with Gasteiger partial charge in [0, 0.05) is 19.2 Å². The third-order valence-corrected chi connectivity index (χ3v) is 6.63. The highest BCUT2D eigenvalue weighted by Gasteiger charge is 2.31. The molecule has 1 saturated carbocycles. The number of aliphatic hydroxyl groups is 1. The molecule has 114 valence electrons. The fraction of sp³-hybridized carbons (Fsp3) is 0.692. The summed E-state index contributed by atoms with van der Waals surface area (Å²) in [5, 5.41) is 9.04. The second-order valence-corrected chi connectivity index (χ2v) is 7.86. The van der Waals surface area contributed by atoms with E-state index >= 15 is 0 Å². The van der Waals surface area contributed by atoms with Crippen molar-refractivity contribution in [2.45, 2.75) is 56.1 Å². The van der Waals surface area contributed by atoms with Gasteiger partial charge in [0.15, 0.2) is 4.67 Å². The van der Waals surface area contributed by atoms with E-state index < -0.39 is 10.0 Å². The zero-order valence-electron chi connectivity index (χ0n) is 11.5. The smallest absolute Gasteiger partial charge is 0.247 e. The van der Waals surface area contributed by atoms with E-state index in [-0.39, 0.29) is 28.0 Å². The van der Waals surface area contributed by atoms with Crippen LogP contribution in [0.1, 0.15) is 44.3 Å². The van der Waals surface area contributed by atoms with Crippen molar-refractivity contribution >= 4 is 26.0 Å². The summed E-state index contributed by atoms with van der Waals surface area (Å²) in [6.45, 7) is -0.318. The Bertz CT molecular complexity index is 547. The quantitative estimate of drug-likeness (QED) is 0.832. The second-order valence-electron chi connectivity index (χ2n) is 5.18. The normalized spacial score (nSPS) is 18.4. The Balaban J connectivity index is 2.25. The molecule has 0 amide bonds. The van der Waals surface area contributed by atoms with E-state index in [9.17, 15) is 8.42 Å². The molecular formula is C13H20BrNO4S. The van der Waals surface area contributed by atoms with Gasteiger partial charge in [-0.05, 0) is 28.8 Å². The molecule has 20 heavy (non-hydrogen) atoms. The lowest BCUT2D eigenvalue weighted by Gasteiger charge is -2.25. The van der Waals surface area contributed by atoms with Crippen LogP contribution in [0.15, 0.2) is 20.0 Å². The summed E-state index contributed by atoms with van der Waals surface area (Å²) in [7, 11) is -1.96. The predicted molar refractivity (Wildman–Crippen MR) is 78.8 cm³/mol. The molecule has 0 saturated heterocycles. The van der Waals surface area contributed by atoms with Crippen LogP contribution in [0.2, 0.25) is 0 Å². The monoisotopic (exact) mass is 365 g/mol. The first kappa shape index (κ1) is 16.0. The van der Waals surface area contributed by atoms with Crippen molar-refractivity contribution in [3.8, 4) is 0 Å². The van der Waals surface area contributed by atoms with Crippen molar-refractivity contribution in [3.05, 3.63) is 16.5 Å². The van der Waals surface area contributed by atoms with Gasteiger partial charge in [-0.3, -0.25) is 0 Å². The molecule has 7 heteroatoms. The molecule has 1 heterocycles. The lowest BCUT2D eigenvalue weighted by Crippen LogP contribution is -2.36. The first-order chi connectivity index (χ1) is 9.46. The molecular weight excluding hydrogens is 346 g/mol. The SMILES string of the molecule is CN(C1CCCCCC1)S(=O)(=O)c1cc(CO)oc1Br. The molecule has 0 atom stereocenters. The number of furan rings is 1. The molecule has 1 N–H and O–H groups in total. The number of aliphatic hydroxyl groups excluding tert-OH is 1. The Labute approximate surface area is 128 Å². The van der Waals surface area contributed by atoms with Crippen LogP contribution in [0.5, 0.6) is 0 Å². The van der Waals surface area contributed by atoms with Gasteiger partial charge in [0.2, 0.25) is 10.0 Å². The van der Waals surface area contributed by atoms with E-state index in [1.165, 1.54) is 23.2 Å². The van der Waals surface area contributed by atoms with Gasteiger partial charge >= 0.3 is 0 Å². The maximum Gasteiger partial charge on any atom is 0.247 e. The van der Waals surface area contributed by atoms with Crippen LogP contribution in [0.4, 0.5) is 0 Å². The Hall–Kier alpha value is -0.370. The van der Waals surface area contributed by atoms with Crippen molar-refractivity contribution in [1.82, 2.24) is 4.31 Å². The first-order valence-corrected chi connectivity index (χ1v) is 9.07. The Morgan fingerprint density at radius 3 is 2.45 bits per heavy atom. The van der Waals surface area contributed by atoms with Gasteiger partial charge in [-0.25, -0.2) is 8.42 Å². The molecule has 1 fully saturated rings. The Morgan fingerprint density at radius 1 is 1.35 bits per heavy atom. The third-order valence-electron chi connectivity index (χ3n) is 3.86. The van der Waals surface area contributed by atoms with Crippen LogP contribution >= 0.6 is 15.9 Å². The van der Waals surface area contributed by atoms with Crippen molar-refractivity contribution in [2.75, 3.05) is 7.05 Å². The van der Waals surface area contributed by atoms with Crippen LogP contribution < -0.4 is 0 Å². The molecule has 0 spiro atoms. The summed E-state index contributed by atoms with van der Waals surface area (Å²) in [5.41, 5.74) is 0. The Morgan fingerprint density at radius 2 is 1.95 bits per heavy atom. The van der Waals surface area contributed by atoms with E-state index in [0.717, 1.165) is 25.7 Å². The minimum atomic E-state index is -3.59. The van der Waals surface area contributed by atoms with Crippen molar-refractivity contribution in [2.24, 2.45) is 0 Å². The summed E-state index contributed by atoms with van der Waals surface area (Å²) in [6.07, 6.45) is 6.29. The van der Waals surface area contributed by atoms with Crippen LogP contribution in [0.25, 0.3) is 0 Å². The van der Waals surface area contributed by atoms with Gasteiger partial charge in [0.05, 0.1) is 0 Å². The molecule has 0 radical (unpaired) electrons. The molecule has 2 rings (SSSR count). The van der Waals surface area contributed by atoms with E-state index in [2.05, 4.69) is 15.9 Å². The lowest BCUT2D eigenvalue weighted by atomic mass is 10.1. The topological polar surface area (TPSA) is 70.8 Å². The van der Waals surface area contributed by atoms with E-state index in [4.69, 9.17) is 9.52 Å². The summed E-state index contributed by atoms with van der Waals surface area (Å²) in [6, 6.07) is 1.42. The average molecular weight is 366 g/mol. The maximum atomic E-state index is 12.6. The second kappa shape index (κ2) is 6.60. The lowest BCUT2D eigenvalue weighted by molar-refractivity contribution is 0.245. The molecule has 0 unspecified atom stereocenters. The van der Waals surface area contributed by atoms with Crippen molar-refractivity contribution < 1.29 is 17.9 Å². The summed E-state index contributed by atoms with van der Waals surface area (Å²) >= 11 is 3.12. The van der Waals surface area contributed by atoms with Crippen LogP contribution in [-0.4, -0.2) is 30.9 Å². The van der Waals surface area contributed by atoms with Crippen LogP contribution in [0, 0.1) is 0 Å². The number of hydrogen-bond donors (Lipinski definition) is 1. The van der Waals surface area contributed by atoms with Gasteiger partial charge in [-0.1, -0.05) is 25.7 Å². The van der Waals surface area contributed by atoms with Gasteiger partial charge in [-0.2, -0.15) is 4.31 Å². The highest BCUT2D eigenvalue weighted by atomic mass is 79.9. The number of nitrogens with zero attached hydrogens (tertiary/aromatic N) is 1. The van der Waals surface area contributed by atoms with Gasteiger partial charge in [0.25, 0.3) is 0 Å². The predicted octanol–water partition coefficient (Wildman–Crippen LogP) is 2.88. The molecule has 1 aromatic heterocycles. The van der Waals surface area contributed by atoms with Crippen LogP contribution in [0.3, 0.4) is 0 Å². The summed E-state index contributed by atoms with van der Waals surface area (Å²) in [5.74, 6) is 0.240. The molecule has 0 aromatic carbocycles. The minimum absolute atomic E-state index is 0.0434. The molecule has 1 aromatic rings. The fourth-order valence-electron chi connectivity index (χ4n) is 2.62. The Kier molecular flexibility index (Phi) is 5.28. The molecule has 0 bridgehead atoms. The molecule has 5 nitrogen and oxygen atoms in total. The van der Waals surface area contributed by atoms with E-state index in [1.54, 1.807) is 7.05 Å². The number of rotatable bonds is 4. The zero-order chi connectivity index (χ0) is 14.8. The van der Waals surface area contributed by atoms with Gasteiger partial charge in [-0.15, -0.1) is 0 Å². The summed E-state index contributed by atoms with van der Waals surface area (Å²) < 4.78 is 32.1. The zero-order valence-corrected chi connectivity index (χ0v) is 13.9. The summed E-state index contributed by atoms with van der Waals surface area (Å²) in [4.78, 5) is 0.0910. The number of halogens is 1. The highest BCUT2D eigenvalue weighted by molar-refractivity contribution is 9.10. The minimum Gasteiger partial charge on any atom is -0.450 e. The van der Waals surface area contributed by atoms with Crippen molar-refractivity contribution in [3.63, 3.8) is 0 Å². The standard InChI is InChI=1S/C13H20BrNO4S/c1-15(10-6-4-2-3-5-7-10)20(17,18)12-8-11(9-16)19-13(12)14/h8,10,16H,2-7,9H2,1H3. The third kappa shape index (κ3) is 3.27. The largest absolute Gasteiger partial charge is 0.450 e. The molecule has 0 aliphatic heterocycles. The average Bonchev–Trinajstić information content (AvgIpc) is 2.64. The van der Waals surface area contributed by atoms with E-state index in [0.29, 0.717) is 0 Å². The molecule has 1 aliphatic carbocycles. The van der Waals surface area contributed by atoms with Crippen LogP contribution in [-0.2, 0) is 16.6 Å². The number of hydrogen-bond acceptors (Lipinski definition) is 4. The highest BCUT2D eigenvalue weighted by Crippen LogP contribution is 2.31. The number of sulfonamides is 1. The maximum absolute atomic E-state index is 12.6. The molecule has 1 aliphatic rings. The first-order valence-electron chi connectivity index (χ1n) is 6.84. The van der Waals surface area contributed by atoms with Gasteiger partial charge in [0.1, 0.15) is 17.3 Å². The fourth-order valence-corrected chi connectivity index (χ4v) is 5.00.